The molecule has 8 aromatic rings. The van der Waals surface area contributed by atoms with Crippen molar-refractivity contribution < 1.29 is 19.7 Å². The van der Waals surface area contributed by atoms with Crippen molar-refractivity contribution in [3.63, 3.8) is 0 Å². The lowest BCUT2D eigenvalue weighted by molar-refractivity contribution is -0.215. The second-order valence-corrected chi connectivity index (χ2v) is 14.1. The molecule has 0 amide bonds. The van der Waals surface area contributed by atoms with E-state index in [0.29, 0.717) is 16.7 Å². The van der Waals surface area contributed by atoms with E-state index in [1.165, 1.54) is 0 Å². The maximum atomic E-state index is 14.8. The third kappa shape index (κ3) is 4.41. The molecule has 2 N–H and O–H groups in total. The van der Waals surface area contributed by atoms with Gasteiger partial charge in [0.2, 0.25) is 0 Å². The van der Waals surface area contributed by atoms with E-state index in [1.54, 1.807) is 0 Å². The molecule has 9 rings (SSSR count). The lowest BCUT2D eigenvalue weighted by Gasteiger charge is -2.53. The third-order valence-corrected chi connectivity index (χ3v) is 10.9. The Balaban J connectivity index is 1.57. The third-order valence-electron chi connectivity index (χ3n) is 10.9. The monoisotopic (exact) mass is 666 g/mol. The molecule has 2 atom stereocenters. The van der Waals surface area contributed by atoms with Gasteiger partial charge in [0.1, 0.15) is 0 Å². The average molecular weight is 667 g/mol. The zero-order valence-electron chi connectivity index (χ0n) is 28.6. The number of ether oxygens (including phenoxy) is 2. The van der Waals surface area contributed by atoms with E-state index in [0.717, 1.165) is 48.7 Å². The van der Waals surface area contributed by atoms with Crippen molar-refractivity contribution in [3.8, 4) is 0 Å². The number of fused-ring (bicyclic) bond motifs is 4. The van der Waals surface area contributed by atoms with Gasteiger partial charge in [-0.2, -0.15) is 0 Å². The summed E-state index contributed by atoms with van der Waals surface area (Å²) in [5, 5.41) is 34.6. The SMILES string of the molecule is CC1(C)OC(CO)(c2cccc3ccccc23)C(c2cccc3ccccc23)(C(O)(c2cccc3ccccc23)c2cccc3ccccc23)O1. The normalized spacial score (nSPS) is 20.4. The molecule has 0 aliphatic carbocycles. The van der Waals surface area contributed by atoms with Gasteiger partial charge >= 0.3 is 0 Å². The summed E-state index contributed by atoms with van der Waals surface area (Å²) in [5.41, 5.74) is -2.71. The van der Waals surface area contributed by atoms with E-state index < -0.39 is 29.2 Å². The van der Waals surface area contributed by atoms with Crippen LogP contribution in [0.2, 0.25) is 0 Å². The fourth-order valence-corrected chi connectivity index (χ4v) is 8.99. The van der Waals surface area contributed by atoms with Crippen LogP contribution in [0, 0.1) is 0 Å². The van der Waals surface area contributed by atoms with Crippen LogP contribution in [0.25, 0.3) is 43.1 Å². The van der Waals surface area contributed by atoms with Gasteiger partial charge in [0, 0.05) is 0 Å². The Morgan fingerprint density at radius 1 is 0.451 bits per heavy atom. The Hall–Kier alpha value is -5.36. The Morgan fingerprint density at radius 2 is 0.824 bits per heavy atom. The predicted molar refractivity (Wildman–Crippen MR) is 205 cm³/mol. The van der Waals surface area contributed by atoms with Crippen molar-refractivity contribution in [2.24, 2.45) is 0 Å². The van der Waals surface area contributed by atoms with Gasteiger partial charge in [-0.15, -0.1) is 0 Å². The second kappa shape index (κ2) is 11.6. The molecule has 1 heterocycles. The molecule has 250 valence electrons. The molecular weight excluding hydrogens is 629 g/mol. The quantitative estimate of drug-likeness (QED) is 0.186. The molecule has 1 aliphatic rings. The molecule has 1 fully saturated rings. The molecular formula is C47H38O4. The predicted octanol–water partition coefficient (Wildman–Crippen LogP) is 10.1. The van der Waals surface area contributed by atoms with Crippen molar-refractivity contribution >= 4 is 43.1 Å². The van der Waals surface area contributed by atoms with Crippen LogP contribution in [0.15, 0.2) is 170 Å². The molecule has 2 unspecified atom stereocenters. The number of hydrogen-bond donors (Lipinski definition) is 2. The maximum Gasteiger partial charge on any atom is 0.169 e. The zero-order valence-corrected chi connectivity index (χ0v) is 28.6. The molecule has 1 aliphatic heterocycles. The molecule has 0 saturated carbocycles. The van der Waals surface area contributed by atoms with Gasteiger partial charge < -0.3 is 19.7 Å². The molecule has 0 spiro atoms. The number of benzene rings is 8. The van der Waals surface area contributed by atoms with E-state index in [4.69, 9.17) is 9.47 Å². The molecule has 0 bridgehead atoms. The summed E-state index contributed by atoms with van der Waals surface area (Å²) in [4.78, 5) is 0. The molecule has 0 radical (unpaired) electrons. The van der Waals surface area contributed by atoms with Crippen molar-refractivity contribution in [2.45, 2.75) is 36.4 Å². The average Bonchev–Trinajstić information content (AvgIpc) is 3.45. The minimum absolute atomic E-state index is 0.495. The topological polar surface area (TPSA) is 58.9 Å². The highest BCUT2D eigenvalue weighted by Crippen LogP contribution is 2.67. The minimum Gasteiger partial charge on any atom is -0.393 e. The van der Waals surface area contributed by atoms with Crippen LogP contribution in [0.5, 0.6) is 0 Å². The van der Waals surface area contributed by atoms with Crippen molar-refractivity contribution in [2.75, 3.05) is 6.61 Å². The summed E-state index contributed by atoms with van der Waals surface area (Å²) in [7, 11) is 0. The molecule has 1 saturated heterocycles. The van der Waals surface area contributed by atoms with Crippen molar-refractivity contribution in [1.82, 2.24) is 0 Å². The largest absolute Gasteiger partial charge is 0.393 e. The summed E-state index contributed by atoms with van der Waals surface area (Å²) in [6.45, 7) is 3.26. The van der Waals surface area contributed by atoms with Gasteiger partial charge in [-0.1, -0.05) is 170 Å². The first-order valence-corrected chi connectivity index (χ1v) is 17.5. The van der Waals surface area contributed by atoms with E-state index in [-0.39, 0.29) is 0 Å². The molecule has 0 aromatic heterocycles. The Bertz CT molecular complexity index is 2510. The van der Waals surface area contributed by atoms with Crippen LogP contribution in [0.3, 0.4) is 0 Å². The van der Waals surface area contributed by atoms with Crippen molar-refractivity contribution in [3.05, 3.63) is 192 Å². The van der Waals surface area contributed by atoms with Crippen molar-refractivity contribution in [1.29, 1.82) is 0 Å². The highest BCUT2D eigenvalue weighted by atomic mass is 16.8. The number of aliphatic hydroxyl groups excluding tert-OH is 1. The first-order valence-electron chi connectivity index (χ1n) is 17.5. The van der Waals surface area contributed by atoms with Crippen LogP contribution >= 0.6 is 0 Å². The highest BCUT2D eigenvalue weighted by Gasteiger charge is 2.75. The Labute approximate surface area is 297 Å². The number of aliphatic hydroxyl groups is 2. The fraction of sp³-hybridized carbons (Fsp3) is 0.149. The van der Waals surface area contributed by atoms with Gasteiger partial charge in [0.25, 0.3) is 0 Å². The van der Waals surface area contributed by atoms with Gasteiger partial charge in [-0.25, -0.2) is 0 Å². The van der Waals surface area contributed by atoms with Crippen LogP contribution < -0.4 is 0 Å². The molecule has 4 nitrogen and oxygen atoms in total. The molecule has 4 heteroatoms. The molecule has 51 heavy (non-hydrogen) atoms. The smallest absolute Gasteiger partial charge is 0.169 e. The van der Waals surface area contributed by atoms with Crippen LogP contribution in [-0.4, -0.2) is 22.6 Å². The van der Waals surface area contributed by atoms with Gasteiger partial charge in [-0.3, -0.25) is 0 Å². The van der Waals surface area contributed by atoms with E-state index in [2.05, 4.69) is 72.8 Å². The number of rotatable bonds is 6. The first-order chi connectivity index (χ1) is 24.8. The summed E-state index contributed by atoms with van der Waals surface area (Å²) >= 11 is 0. The lowest BCUT2D eigenvalue weighted by atomic mass is 9.58. The standard InChI is InChI=1S/C47H38O4/c1-44(2)50-45(31-48,40-27-11-19-32-15-3-7-23-36(32)40)47(51-44,43-30-14-22-35-18-6-10-26-39(35)43)46(49,41-28-12-20-33-16-4-8-24-37(33)41)42-29-13-21-34-17-5-9-25-38(34)42/h3-30,48-49H,31H2,1-2H3. The van der Waals surface area contributed by atoms with Gasteiger partial charge in [0.15, 0.2) is 22.6 Å². The van der Waals surface area contributed by atoms with E-state index >= 15 is 0 Å². The summed E-state index contributed by atoms with van der Waals surface area (Å²) in [5.74, 6) is -1.28. The van der Waals surface area contributed by atoms with Gasteiger partial charge in [-0.05, 0) is 79.2 Å². The lowest BCUT2D eigenvalue weighted by Crippen LogP contribution is -2.62. The Kier molecular flexibility index (Phi) is 7.18. The zero-order chi connectivity index (χ0) is 34.8. The van der Waals surface area contributed by atoms with E-state index in [9.17, 15) is 10.2 Å². The fourth-order valence-electron chi connectivity index (χ4n) is 8.99. The van der Waals surface area contributed by atoms with Crippen LogP contribution in [0.1, 0.15) is 36.1 Å². The summed E-state index contributed by atoms with van der Waals surface area (Å²) in [6, 6.07) is 56.8. The first kappa shape index (κ1) is 31.6. The van der Waals surface area contributed by atoms with Crippen LogP contribution in [0.4, 0.5) is 0 Å². The summed E-state index contributed by atoms with van der Waals surface area (Å²) < 4.78 is 14.9. The second-order valence-electron chi connectivity index (χ2n) is 14.1. The van der Waals surface area contributed by atoms with Gasteiger partial charge in [0.05, 0.1) is 6.61 Å². The maximum absolute atomic E-state index is 14.8. The highest BCUT2D eigenvalue weighted by molar-refractivity contribution is 5.94. The summed E-state index contributed by atoms with van der Waals surface area (Å²) in [6.07, 6.45) is 0. The molecule has 8 aromatic carbocycles. The van der Waals surface area contributed by atoms with E-state index in [1.807, 2.05) is 111 Å². The minimum atomic E-state index is -1.98. The Morgan fingerprint density at radius 3 is 1.31 bits per heavy atom. The number of hydrogen-bond acceptors (Lipinski definition) is 4. The van der Waals surface area contributed by atoms with Crippen LogP contribution in [-0.2, 0) is 26.3 Å².